The normalized spacial score (nSPS) is 10.7. The van der Waals surface area contributed by atoms with E-state index in [1.54, 1.807) is 7.05 Å². The Morgan fingerprint density at radius 1 is 1.00 bits per heavy atom. The summed E-state index contributed by atoms with van der Waals surface area (Å²) in [7, 11) is 1.75. The number of aliphatic imine (C=N–C) groups is 1. The van der Waals surface area contributed by atoms with Gasteiger partial charge in [0, 0.05) is 30.7 Å². The fourth-order valence-corrected chi connectivity index (χ4v) is 2.37. The number of halogens is 2. The van der Waals surface area contributed by atoms with Gasteiger partial charge in [-0.1, -0.05) is 48.0 Å². The van der Waals surface area contributed by atoms with Crippen molar-refractivity contribution in [2.24, 2.45) is 4.99 Å². The lowest BCUT2D eigenvalue weighted by atomic mass is 10.2. The number of hydrogen-bond acceptors (Lipinski definition) is 2. The van der Waals surface area contributed by atoms with E-state index in [9.17, 15) is 0 Å². The molecule has 0 aliphatic carbocycles. The van der Waals surface area contributed by atoms with Gasteiger partial charge in [-0.3, -0.25) is 4.99 Å². The van der Waals surface area contributed by atoms with E-state index in [2.05, 4.69) is 15.6 Å². The molecule has 0 aromatic heterocycles. The van der Waals surface area contributed by atoms with Crippen LogP contribution in [0.15, 0.2) is 53.5 Å². The number of hydrogen-bond donors (Lipinski definition) is 2. The van der Waals surface area contributed by atoms with Crippen molar-refractivity contribution in [1.82, 2.24) is 10.6 Å². The zero-order chi connectivity index (χ0) is 16.5. The Morgan fingerprint density at radius 2 is 1.58 bits per heavy atom. The Kier molecular flexibility index (Phi) is 9.56. The predicted octanol–water partition coefficient (Wildman–Crippen LogP) is 4.22. The lowest BCUT2D eigenvalue weighted by Crippen LogP contribution is -2.36. The molecule has 2 rings (SSSR count). The summed E-state index contributed by atoms with van der Waals surface area (Å²) in [6.45, 7) is 3.88. The SMILES string of the molecule is CCOc1ccccc1CNC(=NC)NCc1ccccc1Cl.I. The van der Waals surface area contributed by atoms with Crippen LogP contribution in [0.5, 0.6) is 5.75 Å². The number of nitrogens with zero attached hydrogens (tertiary/aromatic N) is 1. The first kappa shape index (κ1) is 20.6. The van der Waals surface area contributed by atoms with Gasteiger partial charge in [0.25, 0.3) is 0 Å². The number of nitrogens with one attached hydrogen (secondary N) is 2. The molecule has 4 nitrogen and oxygen atoms in total. The van der Waals surface area contributed by atoms with E-state index < -0.39 is 0 Å². The lowest BCUT2D eigenvalue weighted by molar-refractivity contribution is 0.336. The summed E-state index contributed by atoms with van der Waals surface area (Å²) < 4.78 is 5.63. The van der Waals surface area contributed by atoms with Gasteiger partial charge in [-0.05, 0) is 24.6 Å². The molecule has 0 amide bonds. The van der Waals surface area contributed by atoms with Crippen molar-refractivity contribution >= 4 is 41.5 Å². The highest BCUT2D eigenvalue weighted by molar-refractivity contribution is 14.0. The molecule has 0 radical (unpaired) electrons. The number of guanidine groups is 1. The van der Waals surface area contributed by atoms with Crippen LogP contribution in [-0.4, -0.2) is 19.6 Å². The Balaban J connectivity index is 0.00000288. The summed E-state index contributed by atoms with van der Waals surface area (Å²) in [6, 6.07) is 15.7. The highest BCUT2D eigenvalue weighted by Crippen LogP contribution is 2.17. The minimum Gasteiger partial charge on any atom is -0.494 e. The van der Waals surface area contributed by atoms with Gasteiger partial charge < -0.3 is 15.4 Å². The molecular formula is C18H23ClIN3O. The third-order valence-corrected chi connectivity index (χ3v) is 3.72. The van der Waals surface area contributed by atoms with Gasteiger partial charge in [0.1, 0.15) is 5.75 Å². The first-order valence-corrected chi connectivity index (χ1v) is 8.01. The maximum absolute atomic E-state index is 6.16. The van der Waals surface area contributed by atoms with E-state index in [0.717, 1.165) is 27.9 Å². The van der Waals surface area contributed by atoms with Crippen LogP contribution in [0.4, 0.5) is 0 Å². The largest absolute Gasteiger partial charge is 0.494 e. The highest BCUT2D eigenvalue weighted by Gasteiger charge is 2.05. The van der Waals surface area contributed by atoms with Crippen LogP contribution in [0, 0.1) is 0 Å². The summed E-state index contributed by atoms with van der Waals surface area (Å²) in [6.07, 6.45) is 0. The molecule has 0 spiro atoms. The van der Waals surface area contributed by atoms with Crippen LogP contribution in [0.2, 0.25) is 5.02 Å². The summed E-state index contributed by atoms with van der Waals surface area (Å²) >= 11 is 6.16. The fraction of sp³-hybridized carbons (Fsp3) is 0.278. The number of ether oxygens (including phenoxy) is 1. The molecule has 0 bridgehead atoms. The van der Waals surface area contributed by atoms with Crippen LogP contribution in [0.1, 0.15) is 18.1 Å². The van der Waals surface area contributed by atoms with E-state index in [4.69, 9.17) is 16.3 Å². The fourth-order valence-electron chi connectivity index (χ4n) is 2.17. The van der Waals surface area contributed by atoms with Crippen LogP contribution in [-0.2, 0) is 13.1 Å². The molecule has 2 N–H and O–H groups in total. The van der Waals surface area contributed by atoms with Gasteiger partial charge in [-0.25, -0.2) is 0 Å². The van der Waals surface area contributed by atoms with Crippen LogP contribution in [0.3, 0.4) is 0 Å². The van der Waals surface area contributed by atoms with Crippen LogP contribution >= 0.6 is 35.6 Å². The second kappa shape index (κ2) is 11.1. The van der Waals surface area contributed by atoms with E-state index >= 15 is 0 Å². The molecule has 0 aliphatic heterocycles. The smallest absolute Gasteiger partial charge is 0.191 e. The van der Waals surface area contributed by atoms with Crippen molar-refractivity contribution in [3.8, 4) is 5.75 Å². The van der Waals surface area contributed by atoms with E-state index in [1.165, 1.54) is 0 Å². The van der Waals surface area contributed by atoms with Crippen LogP contribution < -0.4 is 15.4 Å². The maximum Gasteiger partial charge on any atom is 0.191 e. The van der Waals surface area contributed by atoms with Crippen molar-refractivity contribution in [2.45, 2.75) is 20.0 Å². The average Bonchev–Trinajstić information content (AvgIpc) is 2.58. The molecule has 24 heavy (non-hydrogen) atoms. The van der Waals surface area contributed by atoms with Crippen molar-refractivity contribution < 1.29 is 4.74 Å². The summed E-state index contributed by atoms with van der Waals surface area (Å²) in [5.74, 6) is 1.61. The minimum atomic E-state index is 0. The van der Waals surface area contributed by atoms with Gasteiger partial charge in [-0.15, -0.1) is 24.0 Å². The monoisotopic (exact) mass is 459 g/mol. The Bertz CT molecular complexity index is 664. The summed E-state index contributed by atoms with van der Waals surface area (Å²) in [5.41, 5.74) is 2.13. The molecule has 0 saturated heterocycles. The Morgan fingerprint density at radius 3 is 2.21 bits per heavy atom. The third-order valence-electron chi connectivity index (χ3n) is 3.35. The maximum atomic E-state index is 6.16. The molecule has 0 fully saturated rings. The van der Waals surface area contributed by atoms with Crippen molar-refractivity contribution in [1.29, 1.82) is 0 Å². The number of para-hydroxylation sites is 1. The Labute approximate surface area is 165 Å². The predicted molar refractivity (Wildman–Crippen MR) is 112 cm³/mol. The quantitative estimate of drug-likeness (QED) is 0.386. The second-order valence-corrected chi connectivity index (χ2v) is 5.32. The molecule has 0 unspecified atom stereocenters. The van der Waals surface area contributed by atoms with E-state index in [1.807, 2.05) is 55.5 Å². The van der Waals surface area contributed by atoms with Gasteiger partial charge in [0.15, 0.2) is 5.96 Å². The molecule has 130 valence electrons. The van der Waals surface area contributed by atoms with Gasteiger partial charge in [0.2, 0.25) is 0 Å². The third kappa shape index (κ3) is 6.20. The molecule has 0 aliphatic rings. The molecule has 0 saturated carbocycles. The zero-order valence-corrected chi connectivity index (χ0v) is 17.0. The standard InChI is InChI=1S/C18H22ClN3O.HI/c1-3-23-17-11-7-5-9-15(17)13-22-18(20-2)21-12-14-8-4-6-10-16(14)19;/h4-11H,3,12-13H2,1-2H3,(H2,20,21,22);1H. The van der Waals surface area contributed by atoms with Gasteiger partial charge in [0.05, 0.1) is 6.61 Å². The summed E-state index contributed by atoms with van der Waals surface area (Å²) in [5, 5.41) is 7.30. The minimum absolute atomic E-state index is 0. The molecular weight excluding hydrogens is 437 g/mol. The second-order valence-electron chi connectivity index (χ2n) is 4.91. The molecule has 6 heteroatoms. The summed E-state index contributed by atoms with van der Waals surface area (Å²) in [4.78, 5) is 4.23. The van der Waals surface area contributed by atoms with E-state index in [0.29, 0.717) is 19.7 Å². The van der Waals surface area contributed by atoms with E-state index in [-0.39, 0.29) is 24.0 Å². The molecule has 2 aromatic rings. The molecule has 0 heterocycles. The first-order valence-electron chi connectivity index (χ1n) is 7.63. The Hall–Kier alpha value is -1.47. The first-order chi connectivity index (χ1) is 11.2. The lowest BCUT2D eigenvalue weighted by Gasteiger charge is -2.14. The van der Waals surface area contributed by atoms with Crippen molar-refractivity contribution in [3.05, 3.63) is 64.7 Å². The van der Waals surface area contributed by atoms with Gasteiger partial charge in [-0.2, -0.15) is 0 Å². The molecule has 2 aromatic carbocycles. The van der Waals surface area contributed by atoms with Gasteiger partial charge >= 0.3 is 0 Å². The number of rotatable bonds is 6. The average molecular weight is 460 g/mol. The zero-order valence-electron chi connectivity index (χ0n) is 13.9. The topological polar surface area (TPSA) is 45.6 Å². The van der Waals surface area contributed by atoms with Crippen molar-refractivity contribution in [2.75, 3.05) is 13.7 Å². The molecule has 0 atom stereocenters. The van der Waals surface area contributed by atoms with Crippen molar-refractivity contribution in [3.63, 3.8) is 0 Å². The highest BCUT2D eigenvalue weighted by atomic mass is 127. The number of benzene rings is 2. The van der Waals surface area contributed by atoms with Crippen LogP contribution in [0.25, 0.3) is 0 Å².